The summed E-state index contributed by atoms with van der Waals surface area (Å²) in [6.45, 7) is 2.16. The topological polar surface area (TPSA) is 49.4 Å². The van der Waals surface area contributed by atoms with Crippen LogP contribution < -0.4 is 9.62 Å². The molecule has 1 N–H and O–H groups in total. The quantitative estimate of drug-likeness (QED) is 0.723. The Kier molecular flexibility index (Phi) is 4.36. The van der Waals surface area contributed by atoms with E-state index in [9.17, 15) is 12.8 Å². The zero-order valence-corrected chi connectivity index (χ0v) is 15.6. The lowest BCUT2D eigenvalue weighted by Crippen LogP contribution is -2.31. The Morgan fingerprint density at radius 2 is 1.74 bits per heavy atom. The lowest BCUT2D eigenvalue weighted by Gasteiger charge is -2.20. The van der Waals surface area contributed by atoms with Crippen LogP contribution in [-0.2, 0) is 10.0 Å². The monoisotopic (exact) mass is 382 g/mol. The number of hydrogen-bond acceptors (Lipinski definition) is 3. The fourth-order valence-electron chi connectivity index (χ4n) is 3.34. The van der Waals surface area contributed by atoms with Crippen molar-refractivity contribution >= 4 is 21.4 Å². The van der Waals surface area contributed by atoms with Gasteiger partial charge in [-0.3, -0.25) is 4.31 Å². The summed E-state index contributed by atoms with van der Waals surface area (Å²) in [5, 5.41) is 3.25. The number of anilines is 2. The van der Waals surface area contributed by atoms with E-state index < -0.39 is 10.0 Å². The van der Waals surface area contributed by atoms with E-state index in [1.54, 1.807) is 42.5 Å². The van der Waals surface area contributed by atoms with Gasteiger partial charge in [0, 0.05) is 11.3 Å². The van der Waals surface area contributed by atoms with Crippen molar-refractivity contribution in [2.75, 3.05) is 16.2 Å². The van der Waals surface area contributed by atoms with E-state index in [-0.39, 0.29) is 23.3 Å². The van der Waals surface area contributed by atoms with E-state index in [0.29, 0.717) is 11.4 Å². The van der Waals surface area contributed by atoms with Gasteiger partial charge in [0.25, 0.3) is 10.0 Å². The van der Waals surface area contributed by atoms with Crippen LogP contribution in [0.5, 0.6) is 0 Å². The van der Waals surface area contributed by atoms with E-state index in [1.807, 2.05) is 25.1 Å². The molecule has 0 aliphatic carbocycles. The van der Waals surface area contributed by atoms with Crippen LogP contribution in [0.3, 0.4) is 0 Å². The third-order valence-electron chi connectivity index (χ3n) is 4.70. The van der Waals surface area contributed by atoms with Crippen LogP contribution in [0, 0.1) is 12.7 Å². The van der Waals surface area contributed by atoms with E-state index in [4.69, 9.17) is 0 Å². The van der Waals surface area contributed by atoms with E-state index in [1.165, 1.54) is 16.4 Å². The molecule has 0 saturated heterocycles. The van der Waals surface area contributed by atoms with Gasteiger partial charge in [-0.15, -0.1) is 0 Å². The summed E-state index contributed by atoms with van der Waals surface area (Å²) >= 11 is 0. The lowest BCUT2D eigenvalue weighted by molar-refractivity contribution is 0.590. The normalized spacial score (nSPS) is 16.2. The number of para-hydroxylation sites is 1. The summed E-state index contributed by atoms with van der Waals surface area (Å²) in [4.78, 5) is 0.259. The number of fused-ring (bicyclic) bond motifs is 1. The van der Waals surface area contributed by atoms with Gasteiger partial charge >= 0.3 is 0 Å². The number of nitrogens with one attached hydrogen (secondary N) is 1. The smallest absolute Gasteiger partial charge is 0.264 e. The van der Waals surface area contributed by atoms with Gasteiger partial charge in [-0.2, -0.15) is 0 Å². The van der Waals surface area contributed by atoms with Crippen LogP contribution in [0.1, 0.15) is 17.2 Å². The molecule has 0 aromatic heterocycles. The molecule has 3 aromatic carbocycles. The van der Waals surface area contributed by atoms with Crippen LogP contribution in [0.2, 0.25) is 0 Å². The van der Waals surface area contributed by atoms with Crippen molar-refractivity contribution in [3.63, 3.8) is 0 Å². The Hall–Kier alpha value is -2.86. The average Bonchev–Trinajstić information content (AvgIpc) is 3.02. The fraction of sp³-hybridized carbons (Fsp3) is 0.143. The Labute approximate surface area is 158 Å². The van der Waals surface area contributed by atoms with Crippen LogP contribution >= 0.6 is 0 Å². The predicted octanol–water partition coefficient (Wildman–Crippen LogP) is 4.50. The number of aryl methyl sites for hydroxylation is 1. The minimum atomic E-state index is -3.68. The van der Waals surface area contributed by atoms with Gasteiger partial charge in [-0.1, -0.05) is 42.0 Å². The van der Waals surface area contributed by atoms with Crippen LogP contribution in [0.4, 0.5) is 15.8 Å². The number of nitrogens with zero attached hydrogens (tertiary/aromatic N) is 1. The Morgan fingerprint density at radius 1 is 1.00 bits per heavy atom. The van der Waals surface area contributed by atoms with Crippen molar-refractivity contribution in [2.24, 2.45) is 0 Å². The van der Waals surface area contributed by atoms with Gasteiger partial charge in [0.15, 0.2) is 0 Å². The Morgan fingerprint density at radius 3 is 2.48 bits per heavy atom. The molecule has 1 atom stereocenters. The summed E-state index contributed by atoms with van der Waals surface area (Å²) in [5.41, 5.74) is 3.13. The van der Waals surface area contributed by atoms with E-state index in [2.05, 4.69) is 5.32 Å². The molecule has 6 heteroatoms. The van der Waals surface area contributed by atoms with Crippen molar-refractivity contribution < 1.29 is 12.8 Å². The molecular weight excluding hydrogens is 363 g/mol. The van der Waals surface area contributed by atoms with Gasteiger partial charge < -0.3 is 5.32 Å². The Bertz CT molecular complexity index is 1080. The first-order valence-corrected chi connectivity index (χ1v) is 10.1. The van der Waals surface area contributed by atoms with Crippen molar-refractivity contribution in [2.45, 2.75) is 17.9 Å². The molecule has 3 aromatic rings. The zero-order valence-electron chi connectivity index (χ0n) is 14.8. The van der Waals surface area contributed by atoms with Gasteiger partial charge in [-0.25, -0.2) is 12.8 Å². The molecule has 1 unspecified atom stereocenters. The van der Waals surface area contributed by atoms with Gasteiger partial charge in [0.05, 0.1) is 23.2 Å². The molecule has 27 heavy (non-hydrogen) atoms. The summed E-state index contributed by atoms with van der Waals surface area (Å²) in [5.74, 6) is -0.338. The molecule has 138 valence electrons. The highest BCUT2D eigenvalue weighted by Crippen LogP contribution is 2.39. The van der Waals surface area contributed by atoms with Gasteiger partial charge in [-0.05, 0) is 43.3 Å². The molecule has 0 bridgehead atoms. The Balaban J connectivity index is 1.70. The van der Waals surface area contributed by atoms with Crippen molar-refractivity contribution in [1.29, 1.82) is 0 Å². The van der Waals surface area contributed by atoms with Gasteiger partial charge in [0.2, 0.25) is 0 Å². The number of sulfonamides is 1. The minimum Gasteiger partial charge on any atom is -0.376 e. The largest absolute Gasteiger partial charge is 0.376 e. The first-order chi connectivity index (χ1) is 12.9. The molecule has 0 spiro atoms. The van der Waals surface area contributed by atoms with E-state index >= 15 is 0 Å². The first kappa shape index (κ1) is 17.5. The highest BCUT2D eigenvalue weighted by molar-refractivity contribution is 7.92. The fourth-order valence-corrected chi connectivity index (χ4v) is 4.84. The van der Waals surface area contributed by atoms with Gasteiger partial charge in [0.1, 0.15) is 5.82 Å². The highest BCUT2D eigenvalue weighted by atomic mass is 32.2. The highest BCUT2D eigenvalue weighted by Gasteiger charge is 2.36. The zero-order chi connectivity index (χ0) is 19.0. The second-order valence-corrected chi connectivity index (χ2v) is 8.48. The molecule has 0 amide bonds. The predicted molar refractivity (Wildman–Crippen MR) is 105 cm³/mol. The molecule has 0 saturated carbocycles. The maximum atomic E-state index is 13.5. The third-order valence-corrected chi connectivity index (χ3v) is 6.50. The van der Waals surface area contributed by atoms with Crippen molar-refractivity contribution in [3.05, 3.63) is 89.7 Å². The molecule has 4 nitrogen and oxygen atoms in total. The second kappa shape index (κ2) is 6.70. The third kappa shape index (κ3) is 3.28. The maximum absolute atomic E-state index is 13.5. The van der Waals surface area contributed by atoms with Crippen LogP contribution in [-0.4, -0.2) is 15.0 Å². The molecule has 4 rings (SSSR count). The molecule has 1 aliphatic heterocycles. The molecule has 1 aliphatic rings. The molecule has 1 heterocycles. The number of rotatable bonds is 4. The second-order valence-electron chi connectivity index (χ2n) is 6.62. The number of hydrogen-bond donors (Lipinski definition) is 1. The maximum Gasteiger partial charge on any atom is 0.264 e. The number of halogens is 1. The molecule has 0 radical (unpaired) electrons. The number of benzene rings is 3. The summed E-state index contributed by atoms with van der Waals surface area (Å²) in [6.07, 6.45) is 0. The molecule has 0 fully saturated rings. The standard InChI is InChI=1S/C21H19FN2O2S/c1-15-9-11-18(12-10-15)27(25,26)24-14-20(19-7-2-3-8-21(19)24)23-17-6-4-5-16(22)13-17/h2-13,20,23H,14H2,1H3. The van der Waals surface area contributed by atoms with Crippen LogP contribution in [0.25, 0.3) is 0 Å². The summed E-state index contributed by atoms with van der Waals surface area (Å²) in [7, 11) is -3.68. The average molecular weight is 382 g/mol. The molecular formula is C21H19FN2O2S. The lowest BCUT2D eigenvalue weighted by atomic mass is 10.1. The SMILES string of the molecule is Cc1ccc(S(=O)(=O)N2CC(Nc3cccc(F)c3)c3ccccc32)cc1. The summed E-state index contributed by atoms with van der Waals surface area (Å²) in [6, 6.07) is 20.1. The van der Waals surface area contributed by atoms with E-state index in [0.717, 1.165) is 11.1 Å². The van der Waals surface area contributed by atoms with Crippen LogP contribution in [0.15, 0.2) is 77.7 Å². The first-order valence-electron chi connectivity index (χ1n) is 8.65. The summed E-state index contributed by atoms with van der Waals surface area (Å²) < 4.78 is 41.3. The van der Waals surface area contributed by atoms with Crippen molar-refractivity contribution in [3.8, 4) is 0 Å². The minimum absolute atomic E-state index is 0.242. The van der Waals surface area contributed by atoms with Crippen molar-refractivity contribution in [1.82, 2.24) is 0 Å².